The van der Waals surface area contributed by atoms with Crippen molar-refractivity contribution in [3.05, 3.63) is 53.0 Å². The second kappa shape index (κ2) is 6.67. The minimum Gasteiger partial charge on any atom is -0.477 e. The van der Waals surface area contributed by atoms with E-state index in [0.717, 1.165) is 24.1 Å². The number of pyridine rings is 2. The Kier molecular flexibility index (Phi) is 4.67. The van der Waals surface area contributed by atoms with Gasteiger partial charge in [0.2, 0.25) is 5.88 Å². The Balaban J connectivity index is 1.93. The first-order chi connectivity index (χ1) is 9.70. The van der Waals surface area contributed by atoms with Crippen LogP contribution in [0.15, 0.2) is 30.6 Å². The maximum atomic E-state index is 9.15. The highest BCUT2D eigenvalue weighted by Crippen LogP contribution is 2.20. The van der Waals surface area contributed by atoms with Gasteiger partial charge in [0.15, 0.2) is 0 Å². The molecule has 0 N–H and O–H groups in total. The van der Waals surface area contributed by atoms with E-state index >= 15 is 0 Å². The van der Waals surface area contributed by atoms with Gasteiger partial charge in [-0.1, -0.05) is 0 Å². The Labute approximate surface area is 119 Å². The van der Waals surface area contributed by atoms with E-state index in [1.54, 1.807) is 12.4 Å². The quantitative estimate of drug-likeness (QED) is 0.781. The minimum absolute atomic E-state index is 0.444. The van der Waals surface area contributed by atoms with E-state index in [4.69, 9.17) is 10.00 Å². The monoisotopic (exact) mass is 267 g/mol. The summed E-state index contributed by atoms with van der Waals surface area (Å²) in [4.78, 5) is 8.28. The third-order valence-electron chi connectivity index (χ3n) is 3.02. The van der Waals surface area contributed by atoms with Crippen LogP contribution in [0.4, 0.5) is 0 Å². The van der Waals surface area contributed by atoms with Crippen molar-refractivity contribution >= 4 is 0 Å². The molecule has 4 nitrogen and oxygen atoms in total. The minimum atomic E-state index is 0.444. The van der Waals surface area contributed by atoms with E-state index in [9.17, 15) is 0 Å². The second-order valence-electron chi connectivity index (χ2n) is 4.68. The van der Waals surface area contributed by atoms with E-state index in [1.165, 1.54) is 5.56 Å². The molecule has 102 valence electrons. The molecule has 2 aromatic rings. The van der Waals surface area contributed by atoms with Gasteiger partial charge in [0.1, 0.15) is 11.6 Å². The zero-order chi connectivity index (χ0) is 14.4. The van der Waals surface area contributed by atoms with Crippen molar-refractivity contribution in [1.82, 2.24) is 9.97 Å². The summed E-state index contributed by atoms with van der Waals surface area (Å²) in [6.45, 7) is 4.35. The van der Waals surface area contributed by atoms with Crippen LogP contribution in [0.2, 0.25) is 0 Å². The number of nitrogens with zero attached hydrogens (tertiary/aromatic N) is 3. The van der Waals surface area contributed by atoms with E-state index in [2.05, 4.69) is 16.0 Å². The van der Waals surface area contributed by atoms with Crippen LogP contribution in [0.1, 0.15) is 28.8 Å². The lowest BCUT2D eigenvalue weighted by Crippen LogP contribution is -2.04. The number of hydrogen-bond acceptors (Lipinski definition) is 4. The molecule has 0 aromatic carbocycles. The number of aromatic nitrogens is 2. The fourth-order valence-corrected chi connectivity index (χ4v) is 2.04. The van der Waals surface area contributed by atoms with Crippen molar-refractivity contribution in [3.63, 3.8) is 0 Å². The fourth-order valence-electron chi connectivity index (χ4n) is 2.04. The van der Waals surface area contributed by atoms with Crippen molar-refractivity contribution in [2.24, 2.45) is 0 Å². The highest BCUT2D eigenvalue weighted by Gasteiger charge is 2.09. The molecule has 0 radical (unpaired) electrons. The Morgan fingerprint density at radius 3 is 2.70 bits per heavy atom. The Hall–Kier alpha value is -2.41. The second-order valence-corrected chi connectivity index (χ2v) is 4.68. The van der Waals surface area contributed by atoms with Gasteiger partial charge in [0.05, 0.1) is 6.61 Å². The molecule has 2 heterocycles. The van der Waals surface area contributed by atoms with Crippen molar-refractivity contribution in [2.45, 2.75) is 26.7 Å². The third kappa shape index (κ3) is 3.55. The third-order valence-corrected chi connectivity index (χ3v) is 3.02. The molecule has 0 spiro atoms. The zero-order valence-corrected chi connectivity index (χ0v) is 11.8. The van der Waals surface area contributed by atoms with Crippen LogP contribution in [0.3, 0.4) is 0 Å². The first kappa shape index (κ1) is 14.0. The average molecular weight is 267 g/mol. The summed E-state index contributed by atoms with van der Waals surface area (Å²) in [5.41, 5.74) is 3.53. The number of aryl methyl sites for hydroxylation is 3. The van der Waals surface area contributed by atoms with Crippen molar-refractivity contribution < 1.29 is 4.74 Å². The summed E-state index contributed by atoms with van der Waals surface area (Å²) in [6.07, 6.45) is 5.38. The first-order valence-electron chi connectivity index (χ1n) is 6.60. The van der Waals surface area contributed by atoms with Gasteiger partial charge >= 0.3 is 0 Å². The molecule has 0 saturated heterocycles. The van der Waals surface area contributed by atoms with Gasteiger partial charge in [-0.2, -0.15) is 5.26 Å². The number of rotatable bonds is 5. The summed E-state index contributed by atoms with van der Waals surface area (Å²) in [5.74, 6) is 0.444. The van der Waals surface area contributed by atoms with Crippen LogP contribution >= 0.6 is 0 Å². The highest BCUT2D eigenvalue weighted by molar-refractivity contribution is 5.45. The lowest BCUT2D eigenvalue weighted by molar-refractivity contribution is 0.297. The lowest BCUT2D eigenvalue weighted by atomic mass is 10.1. The van der Waals surface area contributed by atoms with E-state index < -0.39 is 0 Å². The van der Waals surface area contributed by atoms with Crippen molar-refractivity contribution in [2.75, 3.05) is 6.61 Å². The van der Waals surface area contributed by atoms with Gasteiger partial charge in [-0.25, -0.2) is 4.98 Å². The molecule has 0 aliphatic carbocycles. The number of nitriles is 1. The lowest BCUT2D eigenvalue weighted by Gasteiger charge is -2.09. The molecular weight excluding hydrogens is 250 g/mol. The molecular formula is C16H17N3O. The molecule has 0 aliphatic rings. The fraction of sp³-hybridized carbons (Fsp3) is 0.312. The summed E-state index contributed by atoms with van der Waals surface area (Å²) < 4.78 is 5.66. The number of ether oxygens (including phenoxy) is 1. The van der Waals surface area contributed by atoms with Crippen molar-refractivity contribution in [1.29, 1.82) is 5.26 Å². The largest absolute Gasteiger partial charge is 0.477 e. The molecule has 0 unspecified atom stereocenters. The van der Waals surface area contributed by atoms with Crippen LogP contribution in [-0.2, 0) is 6.42 Å². The molecule has 2 rings (SSSR count). The topological polar surface area (TPSA) is 58.8 Å². The van der Waals surface area contributed by atoms with Gasteiger partial charge in [0.25, 0.3) is 0 Å². The predicted octanol–water partition coefficient (Wildman–Crippen LogP) is 2.98. The van der Waals surface area contributed by atoms with Gasteiger partial charge in [-0.15, -0.1) is 0 Å². The molecule has 0 aliphatic heterocycles. The molecule has 2 aromatic heterocycles. The van der Waals surface area contributed by atoms with E-state index in [-0.39, 0.29) is 0 Å². The molecule has 0 fully saturated rings. The normalized spacial score (nSPS) is 10.1. The smallest absolute Gasteiger partial charge is 0.232 e. The SMILES string of the molecule is Cc1cc(C)c(C#N)c(OCCCc2ccncc2)n1. The van der Waals surface area contributed by atoms with Gasteiger partial charge < -0.3 is 4.74 Å². The summed E-state index contributed by atoms with van der Waals surface area (Å²) >= 11 is 0. The van der Waals surface area contributed by atoms with Crippen LogP contribution in [-0.4, -0.2) is 16.6 Å². The molecule has 0 atom stereocenters. The standard InChI is InChI=1S/C16H17N3O/c1-12-10-13(2)19-16(15(12)11-17)20-9-3-4-14-5-7-18-8-6-14/h5-8,10H,3-4,9H2,1-2H3. The Morgan fingerprint density at radius 2 is 2.00 bits per heavy atom. The Morgan fingerprint density at radius 1 is 1.25 bits per heavy atom. The van der Waals surface area contributed by atoms with Gasteiger partial charge in [0, 0.05) is 18.1 Å². The maximum Gasteiger partial charge on any atom is 0.232 e. The molecule has 4 heteroatoms. The summed E-state index contributed by atoms with van der Waals surface area (Å²) in [7, 11) is 0. The maximum absolute atomic E-state index is 9.15. The van der Waals surface area contributed by atoms with Gasteiger partial charge in [-0.3, -0.25) is 4.98 Å². The van der Waals surface area contributed by atoms with Crippen LogP contribution in [0, 0.1) is 25.2 Å². The molecule has 0 bridgehead atoms. The molecule has 0 amide bonds. The van der Waals surface area contributed by atoms with E-state index in [1.807, 2.05) is 32.0 Å². The summed E-state index contributed by atoms with van der Waals surface area (Å²) in [5, 5.41) is 9.15. The average Bonchev–Trinajstić information content (AvgIpc) is 2.44. The number of hydrogen-bond donors (Lipinski definition) is 0. The van der Waals surface area contributed by atoms with Crippen LogP contribution in [0.25, 0.3) is 0 Å². The predicted molar refractivity (Wildman–Crippen MR) is 76.5 cm³/mol. The van der Waals surface area contributed by atoms with Crippen LogP contribution < -0.4 is 4.74 Å². The molecule has 20 heavy (non-hydrogen) atoms. The molecule has 0 saturated carbocycles. The van der Waals surface area contributed by atoms with E-state index in [0.29, 0.717) is 18.1 Å². The first-order valence-corrected chi connectivity index (χ1v) is 6.60. The Bertz CT molecular complexity index is 618. The highest BCUT2D eigenvalue weighted by atomic mass is 16.5. The zero-order valence-electron chi connectivity index (χ0n) is 11.8. The van der Waals surface area contributed by atoms with Gasteiger partial charge in [-0.05, 0) is 56.0 Å². The summed E-state index contributed by atoms with van der Waals surface area (Å²) in [6, 6.07) is 8.04. The van der Waals surface area contributed by atoms with Crippen LogP contribution in [0.5, 0.6) is 5.88 Å². The van der Waals surface area contributed by atoms with Crippen molar-refractivity contribution in [3.8, 4) is 11.9 Å².